The van der Waals surface area contributed by atoms with Crippen molar-refractivity contribution in [3.05, 3.63) is 16.4 Å². The third kappa shape index (κ3) is 2.22. The van der Waals surface area contributed by atoms with Crippen LogP contribution in [0.15, 0.2) is 0 Å². The zero-order valence-electron chi connectivity index (χ0n) is 11.7. The van der Waals surface area contributed by atoms with E-state index in [1.165, 1.54) is 25.7 Å². The third-order valence-electron chi connectivity index (χ3n) is 4.82. The first kappa shape index (κ1) is 13.2. The first-order valence-corrected chi connectivity index (χ1v) is 7.75. The lowest BCUT2D eigenvalue weighted by atomic mass is 10.0. The van der Waals surface area contributed by atoms with E-state index in [2.05, 4.69) is 5.10 Å². The van der Waals surface area contributed by atoms with Gasteiger partial charge in [0.25, 0.3) is 0 Å². The molecule has 3 nitrogen and oxygen atoms in total. The summed E-state index contributed by atoms with van der Waals surface area (Å²) in [6.07, 6.45) is 5.57. The molecule has 2 atom stereocenters. The van der Waals surface area contributed by atoms with E-state index in [1.807, 2.05) is 18.5 Å². The molecule has 2 aliphatic carbocycles. The Morgan fingerprint density at radius 2 is 2.00 bits per heavy atom. The highest BCUT2D eigenvalue weighted by atomic mass is 35.5. The van der Waals surface area contributed by atoms with Crippen LogP contribution >= 0.6 is 11.6 Å². The van der Waals surface area contributed by atoms with Gasteiger partial charge in [-0.1, -0.05) is 24.4 Å². The Labute approximate surface area is 119 Å². The lowest BCUT2D eigenvalue weighted by Crippen LogP contribution is -2.12. The summed E-state index contributed by atoms with van der Waals surface area (Å²) >= 11 is 6.28. The van der Waals surface area contributed by atoms with E-state index >= 15 is 0 Å². The molecule has 2 aliphatic rings. The number of halogens is 1. The Kier molecular flexibility index (Phi) is 3.42. The maximum absolute atomic E-state index is 12.5. The third-order valence-corrected chi connectivity index (χ3v) is 5.31. The SMILES string of the molecule is CCn1nc(C)c(Cl)c1CC(=O)C1C2CCCCC21. The predicted molar refractivity (Wildman–Crippen MR) is 75.3 cm³/mol. The molecule has 19 heavy (non-hydrogen) atoms. The molecule has 0 amide bonds. The summed E-state index contributed by atoms with van der Waals surface area (Å²) in [7, 11) is 0. The second-order valence-electron chi connectivity index (χ2n) is 5.94. The number of fused-ring (bicyclic) bond motifs is 1. The van der Waals surface area contributed by atoms with Crippen molar-refractivity contribution in [1.82, 2.24) is 9.78 Å². The van der Waals surface area contributed by atoms with Crippen LogP contribution in [0.1, 0.15) is 44.0 Å². The van der Waals surface area contributed by atoms with Gasteiger partial charge < -0.3 is 0 Å². The molecule has 0 saturated heterocycles. The van der Waals surface area contributed by atoms with E-state index in [0.717, 1.165) is 17.9 Å². The fourth-order valence-electron chi connectivity index (χ4n) is 3.79. The molecule has 104 valence electrons. The van der Waals surface area contributed by atoms with Crippen molar-refractivity contribution in [1.29, 1.82) is 0 Å². The molecule has 1 aromatic rings. The van der Waals surface area contributed by atoms with E-state index in [0.29, 0.717) is 35.0 Å². The molecule has 0 aliphatic heterocycles. The Hall–Kier alpha value is -0.830. The van der Waals surface area contributed by atoms with Gasteiger partial charge in [-0.2, -0.15) is 5.10 Å². The smallest absolute Gasteiger partial charge is 0.142 e. The molecular weight excluding hydrogens is 260 g/mol. The van der Waals surface area contributed by atoms with E-state index in [-0.39, 0.29) is 0 Å². The van der Waals surface area contributed by atoms with Crippen molar-refractivity contribution in [2.75, 3.05) is 0 Å². The quantitative estimate of drug-likeness (QED) is 0.847. The second kappa shape index (κ2) is 4.93. The summed E-state index contributed by atoms with van der Waals surface area (Å²) in [4.78, 5) is 12.5. The van der Waals surface area contributed by atoms with Crippen LogP contribution in [0.4, 0.5) is 0 Å². The lowest BCUT2D eigenvalue weighted by molar-refractivity contribution is -0.120. The largest absolute Gasteiger partial charge is 0.299 e. The highest BCUT2D eigenvalue weighted by Crippen LogP contribution is 2.56. The summed E-state index contributed by atoms with van der Waals surface area (Å²) in [5, 5.41) is 5.06. The fourth-order valence-corrected chi connectivity index (χ4v) is 3.99. The van der Waals surface area contributed by atoms with Crippen molar-refractivity contribution in [2.24, 2.45) is 17.8 Å². The number of hydrogen-bond donors (Lipinski definition) is 0. The lowest BCUT2D eigenvalue weighted by Gasteiger charge is -2.04. The van der Waals surface area contributed by atoms with Gasteiger partial charge in [0.1, 0.15) is 5.78 Å². The molecule has 2 unspecified atom stereocenters. The first-order valence-electron chi connectivity index (χ1n) is 7.38. The van der Waals surface area contributed by atoms with Crippen LogP contribution in [0, 0.1) is 24.7 Å². The van der Waals surface area contributed by atoms with E-state index < -0.39 is 0 Å². The Morgan fingerprint density at radius 1 is 1.37 bits per heavy atom. The van der Waals surface area contributed by atoms with Gasteiger partial charge in [-0.05, 0) is 38.5 Å². The first-order chi connectivity index (χ1) is 9.13. The minimum absolute atomic E-state index is 0.319. The number of ketones is 1. The Morgan fingerprint density at radius 3 is 2.58 bits per heavy atom. The Bertz CT molecular complexity index is 496. The average Bonchev–Trinajstić information content (AvgIpc) is 3.09. The van der Waals surface area contributed by atoms with Gasteiger partial charge in [-0.25, -0.2) is 0 Å². The van der Waals surface area contributed by atoms with Gasteiger partial charge in [0, 0.05) is 12.5 Å². The topological polar surface area (TPSA) is 34.9 Å². The molecule has 0 aromatic carbocycles. The highest BCUT2D eigenvalue weighted by molar-refractivity contribution is 6.32. The van der Waals surface area contributed by atoms with Crippen molar-refractivity contribution < 1.29 is 4.79 Å². The fraction of sp³-hybridized carbons (Fsp3) is 0.733. The zero-order chi connectivity index (χ0) is 13.6. The maximum Gasteiger partial charge on any atom is 0.142 e. The summed E-state index contributed by atoms with van der Waals surface area (Å²) in [5.74, 6) is 2.06. The minimum Gasteiger partial charge on any atom is -0.299 e. The van der Waals surface area contributed by atoms with Crippen LogP contribution < -0.4 is 0 Å². The van der Waals surface area contributed by atoms with E-state index in [1.54, 1.807) is 0 Å². The highest BCUT2D eigenvalue weighted by Gasteiger charge is 2.54. The molecule has 0 N–H and O–H groups in total. The summed E-state index contributed by atoms with van der Waals surface area (Å²) in [6.45, 7) is 4.71. The van der Waals surface area contributed by atoms with Gasteiger partial charge in [-0.3, -0.25) is 9.48 Å². The number of Topliss-reactive ketones (excluding diaryl/α,β-unsaturated/α-hetero) is 1. The van der Waals surface area contributed by atoms with Gasteiger partial charge in [0.05, 0.1) is 22.8 Å². The monoisotopic (exact) mass is 280 g/mol. The standard InChI is InChI=1S/C15H21ClN2O/c1-3-18-12(15(16)9(2)17-18)8-13(19)14-10-6-4-5-7-11(10)14/h10-11,14H,3-8H2,1-2H3. The number of carbonyl (C=O) groups excluding carboxylic acids is 1. The van der Waals surface area contributed by atoms with Crippen LogP contribution in [0.25, 0.3) is 0 Å². The molecule has 4 heteroatoms. The molecule has 0 bridgehead atoms. The van der Waals surface area contributed by atoms with Crippen molar-refractivity contribution in [3.63, 3.8) is 0 Å². The molecule has 1 aromatic heterocycles. The molecule has 2 fully saturated rings. The van der Waals surface area contributed by atoms with Gasteiger partial charge in [-0.15, -0.1) is 0 Å². The summed E-state index contributed by atoms with van der Waals surface area (Å²) in [6, 6.07) is 0. The van der Waals surface area contributed by atoms with Crippen LogP contribution in [0.3, 0.4) is 0 Å². The van der Waals surface area contributed by atoms with E-state index in [4.69, 9.17) is 11.6 Å². The maximum atomic E-state index is 12.5. The Balaban J connectivity index is 1.73. The molecule has 1 heterocycles. The summed E-state index contributed by atoms with van der Waals surface area (Å²) < 4.78 is 1.88. The zero-order valence-corrected chi connectivity index (χ0v) is 12.4. The summed E-state index contributed by atoms with van der Waals surface area (Å²) in [5.41, 5.74) is 1.75. The number of aryl methyl sites for hydroxylation is 2. The van der Waals surface area contributed by atoms with Crippen LogP contribution in [0.2, 0.25) is 5.02 Å². The van der Waals surface area contributed by atoms with Crippen molar-refractivity contribution in [2.45, 2.75) is 52.5 Å². The van der Waals surface area contributed by atoms with E-state index in [9.17, 15) is 4.79 Å². The van der Waals surface area contributed by atoms with Crippen molar-refractivity contribution >= 4 is 17.4 Å². The number of rotatable bonds is 4. The number of carbonyl (C=O) groups is 1. The van der Waals surface area contributed by atoms with Crippen LogP contribution in [-0.4, -0.2) is 15.6 Å². The molecular formula is C15H21ClN2O. The molecule has 0 radical (unpaired) electrons. The molecule has 2 saturated carbocycles. The normalized spacial score (nSPS) is 29.1. The number of hydrogen-bond acceptors (Lipinski definition) is 2. The van der Waals surface area contributed by atoms with Gasteiger partial charge in [0.2, 0.25) is 0 Å². The van der Waals surface area contributed by atoms with Gasteiger partial charge in [0.15, 0.2) is 0 Å². The van der Waals surface area contributed by atoms with Crippen LogP contribution in [0.5, 0.6) is 0 Å². The molecule has 0 spiro atoms. The van der Waals surface area contributed by atoms with Crippen LogP contribution in [-0.2, 0) is 17.8 Å². The average molecular weight is 281 g/mol. The predicted octanol–water partition coefficient (Wildman–Crippen LogP) is 3.41. The number of aromatic nitrogens is 2. The number of nitrogens with zero attached hydrogens (tertiary/aromatic N) is 2. The second-order valence-corrected chi connectivity index (χ2v) is 6.32. The van der Waals surface area contributed by atoms with Crippen molar-refractivity contribution in [3.8, 4) is 0 Å². The minimum atomic E-state index is 0.319. The van der Waals surface area contributed by atoms with Gasteiger partial charge >= 0.3 is 0 Å². The molecule has 3 rings (SSSR count).